The summed E-state index contributed by atoms with van der Waals surface area (Å²) in [4.78, 5) is 0. The Morgan fingerprint density at radius 1 is 1.24 bits per heavy atom. The fourth-order valence-corrected chi connectivity index (χ4v) is 3.16. The number of hydrogen-bond acceptors (Lipinski definition) is 2. The zero-order chi connectivity index (χ0) is 14.5. The highest BCUT2D eigenvalue weighted by atomic mass is 15.3. The van der Waals surface area contributed by atoms with Crippen molar-refractivity contribution in [1.82, 2.24) is 15.1 Å². The molecule has 0 unspecified atom stereocenters. The molecule has 3 nitrogen and oxygen atoms in total. The maximum absolute atomic E-state index is 4.71. The van der Waals surface area contributed by atoms with E-state index in [-0.39, 0.29) is 0 Å². The van der Waals surface area contributed by atoms with Crippen LogP contribution in [0.3, 0.4) is 0 Å². The van der Waals surface area contributed by atoms with Crippen molar-refractivity contribution in [3.8, 4) is 0 Å². The lowest BCUT2D eigenvalue weighted by molar-refractivity contribution is 0.461. The maximum Gasteiger partial charge on any atom is 0.0762 e. The SMILES string of the molecule is Cc1cccc(CCNCc2ccn(C3CCCC3)n2)c1. The van der Waals surface area contributed by atoms with Crippen molar-refractivity contribution in [3.05, 3.63) is 53.3 Å². The normalized spacial score (nSPS) is 15.7. The molecule has 0 atom stereocenters. The molecular formula is C18H25N3. The van der Waals surface area contributed by atoms with Crippen LogP contribution >= 0.6 is 0 Å². The molecule has 1 saturated carbocycles. The summed E-state index contributed by atoms with van der Waals surface area (Å²) in [5, 5.41) is 8.20. The van der Waals surface area contributed by atoms with Crippen LogP contribution in [-0.2, 0) is 13.0 Å². The Balaban J connectivity index is 1.43. The summed E-state index contributed by atoms with van der Waals surface area (Å²) in [6.45, 7) is 4.01. The van der Waals surface area contributed by atoms with Gasteiger partial charge in [0.15, 0.2) is 0 Å². The molecule has 0 saturated heterocycles. The maximum atomic E-state index is 4.71. The van der Waals surface area contributed by atoms with Crippen molar-refractivity contribution in [2.75, 3.05) is 6.54 Å². The topological polar surface area (TPSA) is 29.9 Å². The molecule has 0 bridgehead atoms. The van der Waals surface area contributed by atoms with E-state index in [9.17, 15) is 0 Å². The number of benzene rings is 1. The first-order valence-corrected chi connectivity index (χ1v) is 8.11. The Bertz CT molecular complexity index is 567. The van der Waals surface area contributed by atoms with E-state index in [4.69, 9.17) is 5.10 Å². The lowest BCUT2D eigenvalue weighted by Crippen LogP contribution is -2.17. The first-order valence-electron chi connectivity index (χ1n) is 8.11. The van der Waals surface area contributed by atoms with Crippen LogP contribution in [0.2, 0.25) is 0 Å². The van der Waals surface area contributed by atoms with Gasteiger partial charge in [-0.25, -0.2) is 0 Å². The number of nitrogens with zero attached hydrogens (tertiary/aromatic N) is 2. The van der Waals surface area contributed by atoms with E-state index in [1.54, 1.807) is 0 Å². The molecule has 0 radical (unpaired) electrons. The molecule has 1 heterocycles. The minimum absolute atomic E-state index is 0.644. The van der Waals surface area contributed by atoms with E-state index in [1.807, 2.05) is 0 Å². The molecule has 1 aliphatic rings. The van der Waals surface area contributed by atoms with Gasteiger partial charge in [0.25, 0.3) is 0 Å². The van der Waals surface area contributed by atoms with Gasteiger partial charge in [-0.15, -0.1) is 0 Å². The van der Waals surface area contributed by atoms with E-state index < -0.39 is 0 Å². The van der Waals surface area contributed by atoms with E-state index in [0.29, 0.717) is 6.04 Å². The standard InChI is InChI=1S/C18H25N3/c1-15-5-4-6-16(13-15)9-11-19-14-17-10-12-21(20-17)18-7-2-3-8-18/h4-6,10,12-13,18-19H,2-3,7-9,11,14H2,1H3. The Morgan fingerprint density at radius 3 is 2.90 bits per heavy atom. The average Bonchev–Trinajstić information content (AvgIpc) is 3.14. The molecule has 0 aliphatic heterocycles. The lowest BCUT2D eigenvalue weighted by Gasteiger charge is -2.09. The summed E-state index contributed by atoms with van der Waals surface area (Å²) < 4.78 is 2.17. The van der Waals surface area contributed by atoms with Crippen molar-refractivity contribution in [2.24, 2.45) is 0 Å². The van der Waals surface area contributed by atoms with Crippen LogP contribution in [0, 0.1) is 6.92 Å². The third-order valence-corrected chi connectivity index (χ3v) is 4.34. The minimum Gasteiger partial charge on any atom is -0.311 e. The Labute approximate surface area is 127 Å². The van der Waals surface area contributed by atoms with Crippen molar-refractivity contribution in [2.45, 2.75) is 51.6 Å². The molecule has 1 aromatic heterocycles. The molecular weight excluding hydrogens is 258 g/mol. The van der Waals surface area contributed by atoms with Crippen LogP contribution in [0.1, 0.15) is 48.5 Å². The fraction of sp³-hybridized carbons (Fsp3) is 0.500. The van der Waals surface area contributed by atoms with Crippen molar-refractivity contribution >= 4 is 0 Å². The average molecular weight is 283 g/mol. The second-order valence-electron chi connectivity index (χ2n) is 6.14. The van der Waals surface area contributed by atoms with Gasteiger partial charge in [0.05, 0.1) is 11.7 Å². The molecule has 21 heavy (non-hydrogen) atoms. The second-order valence-corrected chi connectivity index (χ2v) is 6.14. The molecule has 1 N–H and O–H groups in total. The number of nitrogens with one attached hydrogen (secondary N) is 1. The molecule has 3 heteroatoms. The van der Waals surface area contributed by atoms with E-state index >= 15 is 0 Å². The number of aromatic nitrogens is 2. The van der Waals surface area contributed by atoms with Gasteiger partial charge in [-0.3, -0.25) is 4.68 Å². The van der Waals surface area contributed by atoms with Gasteiger partial charge in [-0.1, -0.05) is 42.7 Å². The van der Waals surface area contributed by atoms with Crippen molar-refractivity contribution in [3.63, 3.8) is 0 Å². The van der Waals surface area contributed by atoms with Gasteiger partial charge in [0.2, 0.25) is 0 Å². The highest BCUT2D eigenvalue weighted by Gasteiger charge is 2.17. The van der Waals surface area contributed by atoms with Crippen molar-refractivity contribution < 1.29 is 0 Å². The van der Waals surface area contributed by atoms with Gasteiger partial charge in [-0.05, 0) is 44.4 Å². The van der Waals surface area contributed by atoms with E-state index in [0.717, 1.165) is 25.2 Å². The first-order chi connectivity index (χ1) is 10.3. The lowest BCUT2D eigenvalue weighted by atomic mass is 10.1. The van der Waals surface area contributed by atoms with Crippen LogP contribution in [-0.4, -0.2) is 16.3 Å². The van der Waals surface area contributed by atoms with Crippen LogP contribution < -0.4 is 5.32 Å². The predicted molar refractivity (Wildman–Crippen MR) is 86.3 cm³/mol. The van der Waals surface area contributed by atoms with Gasteiger partial charge < -0.3 is 5.32 Å². The summed E-state index contributed by atoms with van der Waals surface area (Å²) in [7, 11) is 0. The smallest absolute Gasteiger partial charge is 0.0762 e. The highest BCUT2D eigenvalue weighted by molar-refractivity contribution is 5.22. The number of aryl methyl sites for hydroxylation is 1. The summed E-state index contributed by atoms with van der Waals surface area (Å²) in [5.74, 6) is 0. The molecule has 0 spiro atoms. The summed E-state index contributed by atoms with van der Waals surface area (Å²) in [5.41, 5.74) is 3.90. The van der Waals surface area contributed by atoms with E-state index in [2.05, 4.69) is 53.5 Å². The number of rotatable bonds is 6. The molecule has 0 amide bonds. The summed E-state index contributed by atoms with van der Waals surface area (Å²) in [6, 6.07) is 11.5. The molecule has 2 aromatic rings. The highest BCUT2D eigenvalue weighted by Crippen LogP contribution is 2.28. The quantitative estimate of drug-likeness (QED) is 0.820. The molecule has 3 rings (SSSR count). The molecule has 1 aliphatic carbocycles. The van der Waals surface area contributed by atoms with Gasteiger partial charge in [-0.2, -0.15) is 5.10 Å². The fourth-order valence-electron chi connectivity index (χ4n) is 3.16. The van der Waals surface area contributed by atoms with Crippen LogP contribution in [0.4, 0.5) is 0 Å². The monoisotopic (exact) mass is 283 g/mol. The Hall–Kier alpha value is -1.61. The van der Waals surface area contributed by atoms with E-state index in [1.165, 1.54) is 36.8 Å². The minimum atomic E-state index is 0.644. The largest absolute Gasteiger partial charge is 0.311 e. The Morgan fingerprint density at radius 2 is 2.10 bits per heavy atom. The molecule has 112 valence electrons. The predicted octanol–water partition coefficient (Wildman–Crippen LogP) is 3.64. The Kier molecular flexibility index (Phi) is 4.71. The summed E-state index contributed by atoms with van der Waals surface area (Å²) in [6.07, 6.45) is 8.52. The van der Waals surface area contributed by atoms with Gasteiger partial charge in [0, 0.05) is 12.7 Å². The molecule has 1 fully saturated rings. The molecule has 1 aromatic carbocycles. The van der Waals surface area contributed by atoms with Crippen molar-refractivity contribution in [1.29, 1.82) is 0 Å². The third kappa shape index (κ3) is 3.94. The van der Waals surface area contributed by atoms with Crippen LogP contribution in [0.15, 0.2) is 36.5 Å². The zero-order valence-electron chi connectivity index (χ0n) is 12.9. The first kappa shape index (κ1) is 14.3. The van der Waals surface area contributed by atoms with Crippen LogP contribution in [0.25, 0.3) is 0 Å². The van der Waals surface area contributed by atoms with Crippen LogP contribution in [0.5, 0.6) is 0 Å². The van der Waals surface area contributed by atoms with Gasteiger partial charge in [0.1, 0.15) is 0 Å². The zero-order valence-corrected chi connectivity index (χ0v) is 12.9. The second kappa shape index (κ2) is 6.90. The van der Waals surface area contributed by atoms with Gasteiger partial charge >= 0.3 is 0 Å². The number of hydrogen-bond donors (Lipinski definition) is 1. The summed E-state index contributed by atoms with van der Waals surface area (Å²) >= 11 is 0. The third-order valence-electron chi connectivity index (χ3n) is 4.34.